The van der Waals surface area contributed by atoms with E-state index in [0.717, 1.165) is 16.5 Å². The maximum atomic E-state index is 11.2. The molecule has 3 aromatic rings. The number of hydrogen-bond acceptors (Lipinski definition) is 4. The fourth-order valence-electron chi connectivity index (χ4n) is 2.05. The van der Waals surface area contributed by atoms with Gasteiger partial charge < -0.3 is 10.4 Å². The molecule has 0 aliphatic heterocycles. The first-order valence-electron chi connectivity index (χ1n) is 6.03. The average Bonchev–Trinajstić information content (AvgIpc) is 2.48. The molecule has 0 aliphatic rings. The fraction of sp³-hybridized carbons (Fsp3) is 0. The number of nitrogens with zero attached hydrogens (tertiary/aromatic N) is 2. The van der Waals surface area contributed by atoms with Crippen molar-refractivity contribution in [1.82, 2.24) is 9.97 Å². The summed E-state index contributed by atoms with van der Waals surface area (Å²) >= 11 is 0. The van der Waals surface area contributed by atoms with Crippen LogP contribution in [-0.2, 0) is 0 Å². The zero-order valence-electron chi connectivity index (χ0n) is 10.4. The van der Waals surface area contributed by atoms with Gasteiger partial charge in [0.1, 0.15) is 5.56 Å². The van der Waals surface area contributed by atoms with E-state index in [-0.39, 0.29) is 5.56 Å². The molecule has 1 aromatic carbocycles. The Morgan fingerprint density at radius 3 is 2.65 bits per heavy atom. The molecule has 0 saturated heterocycles. The Balaban J connectivity index is 2.08. The molecule has 0 atom stereocenters. The number of anilines is 2. The van der Waals surface area contributed by atoms with Crippen molar-refractivity contribution in [3.8, 4) is 0 Å². The van der Waals surface area contributed by atoms with Crippen LogP contribution in [0, 0.1) is 0 Å². The zero-order valence-corrected chi connectivity index (χ0v) is 10.4. The van der Waals surface area contributed by atoms with Gasteiger partial charge in [-0.25, -0.2) is 4.79 Å². The van der Waals surface area contributed by atoms with Gasteiger partial charge in [0.2, 0.25) is 0 Å². The van der Waals surface area contributed by atoms with Crippen molar-refractivity contribution < 1.29 is 9.90 Å². The van der Waals surface area contributed by atoms with Gasteiger partial charge in [0.05, 0.1) is 5.69 Å². The normalized spacial score (nSPS) is 10.4. The molecule has 2 N–H and O–H groups in total. The van der Waals surface area contributed by atoms with Crippen LogP contribution in [0.5, 0.6) is 0 Å². The van der Waals surface area contributed by atoms with Crippen molar-refractivity contribution in [3.63, 3.8) is 0 Å². The van der Waals surface area contributed by atoms with Crippen LogP contribution >= 0.6 is 0 Å². The first kappa shape index (κ1) is 12.1. The maximum absolute atomic E-state index is 11.2. The van der Waals surface area contributed by atoms with E-state index in [1.165, 1.54) is 6.20 Å². The van der Waals surface area contributed by atoms with Crippen LogP contribution in [0.4, 0.5) is 11.4 Å². The van der Waals surface area contributed by atoms with Crippen molar-refractivity contribution in [2.75, 3.05) is 5.32 Å². The summed E-state index contributed by atoms with van der Waals surface area (Å²) in [5.41, 5.74) is 1.48. The molecule has 2 heterocycles. The van der Waals surface area contributed by atoms with Crippen LogP contribution in [0.3, 0.4) is 0 Å². The fourth-order valence-corrected chi connectivity index (χ4v) is 2.05. The summed E-state index contributed by atoms with van der Waals surface area (Å²) < 4.78 is 0. The van der Waals surface area contributed by atoms with Crippen LogP contribution in [0.2, 0.25) is 0 Å². The lowest BCUT2D eigenvalue weighted by Crippen LogP contribution is -2.03. The molecular weight excluding hydrogens is 254 g/mol. The SMILES string of the molecule is O=C(O)c1cnccc1Nc1cccc2cnccc12. The Morgan fingerprint density at radius 2 is 1.80 bits per heavy atom. The van der Waals surface area contributed by atoms with E-state index >= 15 is 0 Å². The van der Waals surface area contributed by atoms with Crippen molar-refractivity contribution in [2.45, 2.75) is 0 Å². The lowest BCUT2D eigenvalue weighted by molar-refractivity contribution is 0.0697. The van der Waals surface area contributed by atoms with E-state index in [1.54, 1.807) is 24.7 Å². The maximum Gasteiger partial charge on any atom is 0.339 e. The Labute approximate surface area is 114 Å². The van der Waals surface area contributed by atoms with Gasteiger partial charge in [-0.2, -0.15) is 0 Å². The Morgan fingerprint density at radius 1 is 1.00 bits per heavy atom. The van der Waals surface area contributed by atoms with E-state index < -0.39 is 5.97 Å². The molecule has 0 bridgehead atoms. The highest BCUT2D eigenvalue weighted by molar-refractivity contribution is 5.99. The molecule has 98 valence electrons. The second kappa shape index (κ2) is 4.97. The Hall–Kier alpha value is -2.95. The summed E-state index contributed by atoms with van der Waals surface area (Å²) in [5.74, 6) is -1.01. The summed E-state index contributed by atoms with van der Waals surface area (Å²) in [6, 6.07) is 9.28. The van der Waals surface area contributed by atoms with Crippen molar-refractivity contribution in [1.29, 1.82) is 0 Å². The van der Waals surface area contributed by atoms with Crippen molar-refractivity contribution in [3.05, 3.63) is 60.7 Å². The second-order valence-electron chi connectivity index (χ2n) is 4.25. The lowest BCUT2D eigenvalue weighted by Gasteiger charge is -2.11. The predicted octanol–water partition coefficient (Wildman–Crippen LogP) is 3.07. The predicted molar refractivity (Wildman–Crippen MR) is 76.2 cm³/mol. The number of pyridine rings is 2. The third-order valence-corrected chi connectivity index (χ3v) is 3.00. The minimum absolute atomic E-state index is 0.138. The minimum Gasteiger partial charge on any atom is -0.478 e. The number of carbonyl (C=O) groups is 1. The largest absolute Gasteiger partial charge is 0.478 e. The van der Waals surface area contributed by atoms with Gasteiger partial charge in [-0.15, -0.1) is 0 Å². The zero-order chi connectivity index (χ0) is 13.9. The summed E-state index contributed by atoms with van der Waals surface area (Å²) in [6.07, 6.45) is 6.36. The molecule has 0 unspecified atom stereocenters. The van der Waals surface area contributed by atoms with E-state index in [4.69, 9.17) is 5.11 Å². The molecule has 20 heavy (non-hydrogen) atoms. The van der Waals surface area contributed by atoms with E-state index in [0.29, 0.717) is 5.69 Å². The monoisotopic (exact) mass is 265 g/mol. The summed E-state index contributed by atoms with van der Waals surface area (Å²) in [6.45, 7) is 0. The van der Waals surface area contributed by atoms with Gasteiger partial charge in [0.15, 0.2) is 0 Å². The highest BCUT2D eigenvalue weighted by Crippen LogP contribution is 2.27. The van der Waals surface area contributed by atoms with Crippen LogP contribution in [-0.4, -0.2) is 21.0 Å². The van der Waals surface area contributed by atoms with Crippen LogP contribution in [0.15, 0.2) is 55.1 Å². The van der Waals surface area contributed by atoms with Gasteiger partial charge in [-0.05, 0) is 18.2 Å². The third-order valence-electron chi connectivity index (χ3n) is 3.00. The molecule has 0 radical (unpaired) electrons. The number of aromatic nitrogens is 2. The molecule has 2 aromatic heterocycles. The first-order chi connectivity index (χ1) is 9.75. The number of fused-ring (bicyclic) bond motifs is 1. The molecule has 0 fully saturated rings. The van der Waals surface area contributed by atoms with Crippen LogP contribution in [0.25, 0.3) is 10.8 Å². The molecular formula is C15H11N3O2. The van der Waals surface area contributed by atoms with E-state index in [1.807, 2.05) is 24.3 Å². The minimum atomic E-state index is -1.01. The van der Waals surface area contributed by atoms with Gasteiger partial charge >= 0.3 is 5.97 Å². The number of carboxylic acids is 1. The number of nitrogens with one attached hydrogen (secondary N) is 1. The second-order valence-corrected chi connectivity index (χ2v) is 4.25. The topological polar surface area (TPSA) is 75.1 Å². The summed E-state index contributed by atoms with van der Waals surface area (Å²) in [5, 5.41) is 14.3. The van der Waals surface area contributed by atoms with Crippen LogP contribution < -0.4 is 5.32 Å². The van der Waals surface area contributed by atoms with E-state index in [9.17, 15) is 4.79 Å². The smallest absolute Gasteiger partial charge is 0.339 e. The number of rotatable bonds is 3. The van der Waals surface area contributed by atoms with E-state index in [2.05, 4.69) is 15.3 Å². The summed E-state index contributed by atoms with van der Waals surface area (Å²) in [4.78, 5) is 19.1. The van der Waals surface area contributed by atoms with Gasteiger partial charge in [0, 0.05) is 41.2 Å². The molecule has 0 amide bonds. The molecule has 5 heteroatoms. The molecule has 5 nitrogen and oxygen atoms in total. The average molecular weight is 265 g/mol. The Kier molecular flexibility index (Phi) is 3.01. The first-order valence-corrected chi connectivity index (χ1v) is 6.03. The molecule has 0 saturated carbocycles. The highest BCUT2D eigenvalue weighted by Gasteiger charge is 2.10. The Bertz CT molecular complexity index is 781. The number of aromatic carboxylic acids is 1. The van der Waals surface area contributed by atoms with Crippen molar-refractivity contribution >= 4 is 28.1 Å². The molecule has 0 spiro atoms. The number of hydrogen-bond donors (Lipinski definition) is 2. The summed E-state index contributed by atoms with van der Waals surface area (Å²) in [7, 11) is 0. The standard InChI is InChI=1S/C15H11N3O2/c19-15(20)12-9-17-7-5-14(12)18-13-3-1-2-10-8-16-6-4-11(10)13/h1-9H,(H,17,18)(H,19,20). The van der Waals surface area contributed by atoms with Gasteiger partial charge in [-0.1, -0.05) is 12.1 Å². The molecule has 0 aliphatic carbocycles. The highest BCUT2D eigenvalue weighted by atomic mass is 16.4. The van der Waals surface area contributed by atoms with Gasteiger partial charge in [0.25, 0.3) is 0 Å². The third kappa shape index (κ3) is 2.16. The molecule has 3 rings (SSSR count). The lowest BCUT2D eigenvalue weighted by atomic mass is 10.1. The van der Waals surface area contributed by atoms with Crippen molar-refractivity contribution in [2.24, 2.45) is 0 Å². The quantitative estimate of drug-likeness (QED) is 0.761. The number of carboxylic acid groups (broad SMARTS) is 1. The van der Waals surface area contributed by atoms with Gasteiger partial charge in [-0.3, -0.25) is 9.97 Å². The van der Waals surface area contributed by atoms with Crippen LogP contribution in [0.1, 0.15) is 10.4 Å². The number of benzene rings is 1.